The van der Waals surface area contributed by atoms with E-state index in [4.69, 9.17) is 35.6 Å². The van der Waals surface area contributed by atoms with Crippen LogP contribution in [0.4, 0.5) is 14.6 Å². The average Bonchev–Trinajstić information content (AvgIpc) is 3.72. The first kappa shape index (κ1) is 34.2. The fourth-order valence-electron chi connectivity index (χ4n) is 6.43. The second-order valence-corrected chi connectivity index (χ2v) is 12.7. The smallest absolute Gasteiger partial charge is 0.324 e. The lowest BCUT2D eigenvalue weighted by Crippen LogP contribution is -2.54. The second-order valence-electron chi connectivity index (χ2n) is 12.3. The summed E-state index contributed by atoms with van der Waals surface area (Å²) < 4.78 is 42.0. The molecule has 0 bridgehead atoms. The summed E-state index contributed by atoms with van der Waals surface area (Å²) in [6, 6.07) is 9.30. The third kappa shape index (κ3) is 7.25. The number of anilines is 1. The predicted octanol–water partition coefficient (Wildman–Crippen LogP) is 5.78. The van der Waals surface area contributed by atoms with E-state index in [0.717, 1.165) is 42.7 Å². The molecule has 1 aromatic carbocycles. The van der Waals surface area contributed by atoms with Crippen LogP contribution in [0.2, 0.25) is 5.02 Å². The maximum Gasteiger partial charge on any atom is 0.324 e. The van der Waals surface area contributed by atoms with Crippen LogP contribution in [-0.2, 0) is 26.3 Å². The van der Waals surface area contributed by atoms with E-state index in [1.54, 1.807) is 6.07 Å². The van der Waals surface area contributed by atoms with Crippen molar-refractivity contribution in [2.45, 2.75) is 63.9 Å². The third-order valence-corrected chi connectivity index (χ3v) is 9.45. The molecule has 2 atom stereocenters. The number of H-pyrrole nitrogens is 1. The highest BCUT2D eigenvalue weighted by Gasteiger charge is 2.47. The number of hydrogen-bond donors (Lipinski definition) is 2. The van der Waals surface area contributed by atoms with Crippen LogP contribution in [0.3, 0.4) is 0 Å². The Bertz CT molecular complexity index is 1790. The number of alkyl halides is 2. The Morgan fingerprint density at radius 1 is 1.26 bits per heavy atom. The molecule has 3 aromatic heterocycles. The molecule has 2 aliphatic rings. The molecular formula is C33H38ClF2N5O6. The Kier molecular flexibility index (Phi) is 10.5. The van der Waals surface area contributed by atoms with Crippen LogP contribution >= 0.6 is 11.6 Å². The highest BCUT2D eigenvalue weighted by Crippen LogP contribution is 2.40. The van der Waals surface area contributed by atoms with Gasteiger partial charge in [-0.1, -0.05) is 37.6 Å². The van der Waals surface area contributed by atoms with Crippen molar-refractivity contribution in [3.63, 3.8) is 0 Å². The van der Waals surface area contributed by atoms with Crippen LogP contribution in [0, 0.1) is 5.92 Å². The normalized spacial score (nSPS) is 20.0. The van der Waals surface area contributed by atoms with E-state index in [9.17, 15) is 9.59 Å². The zero-order valence-corrected chi connectivity index (χ0v) is 27.1. The molecule has 4 aromatic rings. The number of hydrogen-bond acceptors (Lipinski definition) is 8. The molecule has 1 amide bonds. The van der Waals surface area contributed by atoms with E-state index in [1.807, 2.05) is 38.1 Å². The van der Waals surface area contributed by atoms with Crippen molar-refractivity contribution >= 4 is 51.9 Å². The molecule has 0 aliphatic carbocycles. The zero-order valence-electron chi connectivity index (χ0n) is 26.3. The molecule has 0 radical (unpaired) electrons. The molecule has 6 rings (SSSR count). The minimum absolute atomic E-state index is 0.00634. The number of likely N-dealkylation sites (tertiary alicyclic amines) is 1. The fraction of sp³-hybridized carbons (Fsp3) is 0.485. The fourth-order valence-corrected chi connectivity index (χ4v) is 6.59. The number of halogens is 3. The lowest BCUT2D eigenvalue weighted by molar-refractivity contribution is -0.161. The van der Waals surface area contributed by atoms with Crippen molar-refractivity contribution < 1.29 is 32.6 Å². The van der Waals surface area contributed by atoms with Gasteiger partial charge >= 0.3 is 5.92 Å². The predicted molar refractivity (Wildman–Crippen MR) is 173 cm³/mol. The zero-order chi connectivity index (χ0) is 33.8. The number of piperidine rings is 1. The van der Waals surface area contributed by atoms with Crippen molar-refractivity contribution in [2.24, 2.45) is 5.92 Å². The molecule has 14 heteroatoms. The summed E-state index contributed by atoms with van der Waals surface area (Å²) in [4.78, 5) is 49.2. The van der Waals surface area contributed by atoms with E-state index in [-0.39, 0.29) is 50.7 Å². The maximum absolute atomic E-state index is 15.1. The number of rotatable bonds is 9. The number of amides is 1. The van der Waals surface area contributed by atoms with Gasteiger partial charge in [-0.3, -0.25) is 14.4 Å². The number of nitrogens with zero attached hydrogens (tertiary/aromatic N) is 4. The number of pyridine rings is 1. The van der Waals surface area contributed by atoms with Crippen LogP contribution in [-0.4, -0.2) is 76.0 Å². The quantitative estimate of drug-likeness (QED) is 0.167. The lowest BCUT2D eigenvalue weighted by Gasteiger charge is -2.45. The highest BCUT2D eigenvalue weighted by molar-refractivity contribution is 6.30. The van der Waals surface area contributed by atoms with Gasteiger partial charge in [-0.15, -0.1) is 0 Å². The van der Waals surface area contributed by atoms with E-state index in [2.05, 4.69) is 14.9 Å². The summed E-state index contributed by atoms with van der Waals surface area (Å²) in [5, 5.41) is 8.17. The highest BCUT2D eigenvalue weighted by atomic mass is 35.5. The molecule has 2 aliphatic heterocycles. The number of para-hydroxylation sites is 1. The average molecular weight is 674 g/mol. The first-order valence-electron chi connectivity index (χ1n) is 15.6. The van der Waals surface area contributed by atoms with Crippen molar-refractivity contribution in [3.05, 3.63) is 63.3 Å². The van der Waals surface area contributed by atoms with Gasteiger partial charge in [0.05, 0.1) is 5.02 Å². The van der Waals surface area contributed by atoms with Crippen LogP contribution in [0.1, 0.15) is 57.3 Å². The topological polar surface area (TPSA) is 142 Å². The molecular weight excluding hydrogens is 636 g/mol. The number of carbonyl (C=O) groups excluding carboxylic acids is 1. The molecule has 2 unspecified atom stereocenters. The van der Waals surface area contributed by atoms with Crippen LogP contribution in [0.25, 0.3) is 22.1 Å². The number of furan rings is 1. The largest absolute Gasteiger partial charge is 0.483 e. The SMILES string of the molecule is CC1CN(C(=O)C(F)(F)CCCOCc2nc(N3CCCC3)c3oc4ccccc4c3n2)CCC1(C)c1cc(Cl)c[nH]c1=O.O=CO. The van der Waals surface area contributed by atoms with Gasteiger partial charge in [0.25, 0.3) is 17.9 Å². The van der Waals surface area contributed by atoms with Crippen molar-refractivity contribution in [1.82, 2.24) is 19.9 Å². The minimum Gasteiger partial charge on any atom is -0.483 e. The molecule has 2 saturated heterocycles. The molecule has 47 heavy (non-hydrogen) atoms. The van der Waals surface area contributed by atoms with Crippen LogP contribution in [0.15, 0.2) is 45.7 Å². The summed E-state index contributed by atoms with van der Waals surface area (Å²) in [5.41, 5.74) is 1.73. The van der Waals surface area contributed by atoms with Gasteiger partial charge < -0.3 is 29.0 Å². The number of ether oxygens (including phenoxy) is 1. The molecule has 2 fully saturated rings. The Morgan fingerprint density at radius 3 is 2.70 bits per heavy atom. The summed E-state index contributed by atoms with van der Waals surface area (Å²) in [6.45, 7) is 5.62. The first-order valence-corrected chi connectivity index (χ1v) is 16.0. The standard InChI is InChI=1S/C32H36ClF2N5O4.CH2O2/c1-20-18-40(14-11-31(20,2)23-16-21(33)17-36-29(23)41)30(42)32(34,35)10-7-15-43-19-25-37-26-22-8-3-4-9-24(22)44-27(26)28(38-25)39-12-5-6-13-39;2-1-3/h3-4,8-9,16-17,20H,5-7,10-15,18-19H2,1-2H3,(H,36,41);1H,(H,2,3). The minimum atomic E-state index is -3.53. The Labute approximate surface area is 274 Å². The van der Waals surface area contributed by atoms with Crippen LogP contribution in [0.5, 0.6) is 0 Å². The van der Waals surface area contributed by atoms with Gasteiger partial charge in [0.15, 0.2) is 17.2 Å². The lowest BCUT2D eigenvalue weighted by atomic mass is 9.68. The number of carbonyl (C=O) groups is 2. The van der Waals surface area contributed by atoms with Gasteiger partial charge in [-0.25, -0.2) is 9.97 Å². The van der Waals surface area contributed by atoms with Gasteiger partial charge in [0.1, 0.15) is 17.7 Å². The molecule has 11 nitrogen and oxygen atoms in total. The first-order chi connectivity index (χ1) is 22.5. The number of nitrogens with one attached hydrogen (secondary N) is 1. The summed E-state index contributed by atoms with van der Waals surface area (Å²) in [6.07, 6.45) is 3.30. The second kappa shape index (κ2) is 14.3. The Morgan fingerprint density at radius 2 is 1.98 bits per heavy atom. The molecule has 252 valence electrons. The monoisotopic (exact) mass is 673 g/mol. The summed E-state index contributed by atoms with van der Waals surface area (Å²) >= 11 is 6.11. The van der Waals surface area contributed by atoms with Gasteiger partial charge in [-0.05, 0) is 49.8 Å². The van der Waals surface area contributed by atoms with Crippen LogP contribution < -0.4 is 10.5 Å². The maximum atomic E-state index is 15.1. The number of benzene rings is 1. The Balaban J connectivity index is 0.00000139. The number of aromatic nitrogens is 3. The number of fused-ring (bicyclic) bond motifs is 3. The van der Waals surface area contributed by atoms with Crippen molar-refractivity contribution in [2.75, 3.05) is 37.7 Å². The summed E-state index contributed by atoms with van der Waals surface area (Å²) in [5.74, 6) is -3.77. The third-order valence-electron chi connectivity index (χ3n) is 9.23. The molecule has 0 saturated carbocycles. The summed E-state index contributed by atoms with van der Waals surface area (Å²) in [7, 11) is 0. The van der Waals surface area contributed by atoms with E-state index in [1.165, 1.54) is 11.1 Å². The van der Waals surface area contributed by atoms with Gasteiger partial charge in [0.2, 0.25) is 0 Å². The van der Waals surface area contributed by atoms with Gasteiger partial charge in [0, 0.05) is 61.8 Å². The Hall–Kier alpha value is -4.10. The van der Waals surface area contributed by atoms with E-state index < -0.39 is 23.7 Å². The van der Waals surface area contributed by atoms with Crippen molar-refractivity contribution in [3.8, 4) is 0 Å². The van der Waals surface area contributed by atoms with E-state index >= 15 is 8.78 Å². The van der Waals surface area contributed by atoms with Crippen molar-refractivity contribution in [1.29, 1.82) is 0 Å². The molecule has 5 heterocycles. The van der Waals surface area contributed by atoms with E-state index in [0.29, 0.717) is 33.9 Å². The number of aromatic amines is 1. The molecule has 2 N–H and O–H groups in total. The van der Waals surface area contributed by atoms with Gasteiger partial charge in [-0.2, -0.15) is 8.78 Å². The molecule has 0 spiro atoms. The number of carboxylic acid groups (broad SMARTS) is 1.